The van der Waals surface area contributed by atoms with Crippen molar-refractivity contribution in [1.29, 1.82) is 0 Å². The first-order chi connectivity index (χ1) is 6.56. The Bertz CT molecular complexity index is 366. The molecule has 0 bridgehead atoms. The molecule has 1 saturated carbocycles. The second-order valence-corrected chi connectivity index (χ2v) is 4.08. The second-order valence-electron chi connectivity index (χ2n) is 4.08. The standard InChI is InChI=1S/C9H13N3O2/c1-6(2)7-5-12(11-10-7)9(3-4-9)8(13)14/h5-6H,3-4H2,1-2H3,(H,13,14). The Morgan fingerprint density at radius 1 is 1.64 bits per heavy atom. The van der Waals surface area contributed by atoms with Crippen LogP contribution in [0, 0.1) is 0 Å². The average molecular weight is 195 g/mol. The van der Waals surface area contributed by atoms with Gasteiger partial charge >= 0.3 is 5.97 Å². The fraction of sp³-hybridized carbons (Fsp3) is 0.667. The van der Waals surface area contributed by atoms with E-state index in [0.717, 1.165) is 5.69 Å². The normalized spacial score (nSPS) is 18.5. The predicted molar refractivity (Wildman–Crippen MR) is 49.0 cm³/mol. The van der Waals surface area contributed by atoms with Crippen LogP contribution < -0.4 is 0 Å². The lowest BCUT2D eigenvalue weighted by molar-refractivity contribution is -0.142. The highest BCUT2D eigenvalue weighted by Gasteiger charge is 2.53. The topological polar surface area (TPSA) is 68.0 Å². The van der Waals surface area contributed by atoms with E-state index in [1.54, 1.807) is 6.20 Å². The first kappa shape index (κ1) is 9.18. The van der Waals surface area contributed by atoms with Crippen LogP contribution >= 0.6 is 0 Å². The van der Waals surface area contributed by atoms with Crippen molar-refractivity contribution in [2.45, 2.75) is 38.1 Å². The summed E-state index contributed by atoms with van der Waals surface area (Å²) in [6.45, 7) is 4.02. The highest BCUT2D eigenvalue weighted by molar-refractivity contribution is 5.79. The summed E-state index contributed by atoms with van der Waals surface area (Å²) in [4.78, 5) is 11.0. The molecule has 0 aromatic carbocycles. The minimum atomic E-state index is -0.808. The van der Waals surface area contributed by atoms with Crippen molar-refractivity contribution in [3.63, 3.8) is 0 Å². The maximum atomic E-state index is 11.0. The zero-order chi connectivity index (χ0) is 10.3. The summed E-state index contributed by atoms with van der Waals surface area (Å²) in [5, 5.41) is 16.8. The summed E-state index contributed by atoms with van der Waals surface area (Å²) in [6.07, 6.45) is 3.05. The van der Waals surface area contributed by atoms with E-state index in [0.29, 0.717) is 12.8 Å². The summed E-state index contributed by atoms with van der Waals surface area (Å²) in [5.74, 6) is -0.522. The van der Waals surface area contributed by atoms with Crippen molar-refractivity contribution in [2.75, 3.05) is 0 Å². The number of aromatic nitrogens is 3. The van der Waals surface area contributed by atoms with Crippen LogP contribution in [0.2, 0.25) is 0 Å². The number of carboxylic acids is 1. The molecular weight excluding hydrogens is 182 g/mol. The molecule has 0 atom stereocenters. The molecule has 0 aliphatic heterocycles. The Hall–Kier alpha value is -1.39. The van der Waals surface area contributed by atoms with Crippen molar-refractivity contribution >= 4 is 5.97 Å². The van der Waals surface area contributed by atoms with Gasteiger partial charge in [0.25, 0.3) is 0 Å². The largest absolute Gasteiger partial charge is 0.479 e. The summed E-state index contributed by atoms with van der Waals surface area (Å²) in [5.41, 5.74) is 0.0534. The molecule has 1 N–H and O–H groups in total. The molecule has 0 radical (unpaired) electrons. The number of carbonyl (C=O) groups is 1. The van der Waals surface area contributed by atoms with Gasteiger partial charge in [-0.05, 0) is 18.8 Å². The number of aliphatic carboxylic acids is 1. The van der Waals surface area contributed by atoms with Gasteiger partial charge in [-0.15, -0.1) is 5.10 Å². The molecule has 5 heteroatoms. The molecule has 0 saturated heterocycles. The molecule has 2 rings (SSSR count). The quantitative estimate of drug-likeness (QED) is 0.780. The number of carboxylic acid groups (broad SMARTS) is 1. The Morgan fingerprint density at radius 2 is 2.29 bits per heavy atom. The van der Waals surface area contributed by atoms with E-state index in [-0.39, 0.29) is 5.92 Å². The monoisotopic (exact) mass is 195 g/mol. The number of nitrogens with zero attached hydrogens (tertiary/aromatic N) is 3. The fourth-order valence-electron chi connectivity index (χ4n) is 1.41. The van der Waals surface area contributed by atoms with Gasteiger partial charge in [-0.1, -0.05) is 19.1 Å². The van der Waals surface area contributed by atoms with Crippen molar-refractivity contribution in [3.05, 3.63) is 11.9 Å². The highest BCUT2D eigenvalue weighted by Crippen LogP contribution is 2.43. The molecule has 14 heavy (non-hydrogen) atoms. The van der Waals surface area contributed by atoms with Gasteiger partial charge < -0.3 is 5.11 Å². The molecule has 76 valence electrons. The van der Waals surface area contributed by atoms with E-state index in [2.05, 4.69) is 10.3 Å². The third-order valence-electron chi connectivity index (χ3n) is 2.66. The van der Waals surface area contributed by atoms with Crippen molar-refractivity contribution in [3.8, 4) is 0 Å². The van der Waals surface area contributed by atoms with Crippen LogP contribution in [0.1, 0.15) is 38.3 Å². The molecular formula is C9H13N3O2. The Kier molecular flexibility index (Phi) is 1.83. The molecule has 1 aliphatic carbocycles. The van der Waals surface area contributed by atoms with Crippen LogP contribution in [0.5, 0.6) is 0 Å². The summed E-state index contributed by atoms with van der Waals surface area (Å²) in [6, 6.07) is 0. The third-order valence-corrected chi connectivity index (χ3v) is 2.66. The number of rotatable bonds is 3. The van der Waals surface area contributed by atoms with E-state index < -0.39 is 11.5 Å². The predicted octanol–water partition coefficient (Wildman–Crippen LogP) is 0.975. The third kappa shape index (κ3) is 1.20. The lowest BCUT2D eigenvalue weighted by Gasteiger charge is -2.07. The van der Waals surface area contributed by atoms with Crippen LogP contribution in [0.4, 0.5) is 0 Å². The summed E-state index contributed by atoms with van der Waals surface area (Å²) in [7, 11) is 0. The molecule has 5 nitrogen and oxygen atoms in total. The van der Waals surface area contributed by atoms with Gasteiger partial charge in [-0.3, -0.25) is 0 Å². The molecule has 1 aliphatic rings. The van der Waals surface area contributed by atoms with Gasteiger partial charge in [0.2, 0.25) is 0 Å². The summed E-state index contributed by atoms with van der Waals surface area (Å²) >= 11 is 0. The smallest absolute Gasteiger partial charge is 0.331 e. The molecule has 1 aromatic rings. The van der Waals surface area contributed by atoms with Crippen LogP contribution in [0.15, 0.2) is 6.20 Å². The highest BCUT2D eigenvalue weighted by atomic mass is 16.4. The van der Waals surface area contributed by atoms with Gasteiger partial charge in [-0.2, -0.15) is 0 Å². The number of hydrogen-bond donors (Lipinski definition) is 1. The molecule has 0 unspecified atom stereocenters. The fourth-order valence-corrected chi connectivity index (χ4v) is 1.41. The lowest BCUT2D eigenvalue weighted by atomic mass is 10.1. The van der Waals surface area contributed by atoms with Crippen LogP contribution in [-0.4, -0.2) is 26.1 Å². The van der Waals surface area contributed by atoms with E-state index in [4.69, 9.17) is 5.11 Å². The van der Waals surface area contributed by atoms with Crippen molar-refractivity contribution in [2.24, 2.45) is 0 Å². The first-order valence-corrected chi connectivity index (χ1v) is 4.72. The zero-order valence-corrected chi connectivity index (χ0v) is 8.27. The molecule has 1 aromatic heterocycles. The Balaban J connectivity index is 2.30. The van der Waals surface area contributed by atoms with Gasteiger partial charge in [0.15, 0.2) is 5.54 Å². The Morgan fingerprint density at radius 3 is 2.64 bits per heavy atom. The van der Waals surface area contributed by atoms with Crippen LogP contribution in [-0.2, 0) is 10.3 Å². The lowest BCUT2D eigenvalue weighted by Crippen LogP contribution is -2.27. The van der Waals surface area contributed by atoms with E-state index in [1.807, 2.05) is 13.8 Å². The first-order valence-electron chi connectivity index (χ1n) is 4.72. The molecule has 1 fully saturated rings. The maximum absolute atomic E-state index is 11.0. The van der Waals surface area contributed by atoms with Gasteiger partial charge in [0.1, 0.15) is 0 Å². The van der Waals surface area contributed by atoms with E-state index in [9.17, 15) is 4.79 Å². The maximum Gasteiger partial charge on any atom is 0.331 e. The van der Waals surface area contributed by atoms with Gasteiger partial charge in [0.05, 0.1) is 11.9 Å². The Labute approximate surface area is 81.7 Å². The van der Waals surface area contributed by atoms with Gasteiger partial charge in [-0.25, -0.2) is 9.48 Å². The minimum absolute atomic E-state index is 0.286. The molecule has 0 spiro atoms. The second kappa shape index (κ2) is 2.80. The SMILES string of the molecule is CC(C)c1cn(C2(C(=O)O)CC2)nn1. The average Bonchev–Trinajstić information content (AvgIpc) is 2.77. The van der Waals surface area contributed by atoms with Crippen molar-refractivity contribution < 1.29 is 9.90 Å². The summed E-state index contributed by atoms with van der Waals surface area (Å²) < 4.78 is 1.49. The molecule has 0 amide bonds. The van der Waals surface area contributed by atoms with Crippen molar-refractivity contribution in [1.82, 2.24) is 15.0 Å². The zero-order valence-electron chi connectivity index (χ0n) is 8.27. The minimum Gasteiger partial charge on any atom is -0.479 e. The van der Waals surface area contributed by atoms with E-state index in [1.165, 1.54) is 4.68 Å². The van der Waals surface area contributed by atoms with Crippen LogP contribution in [0.3, 0.4) is 0 Å². The molecule has 1 heterocycles. The van der Waals surface area contributed by atoms with E-state index >= 15 is 0 Å². The van der Waals surface area contributed by atoms with Gasteiger partial charge in [0, 0.05) is 0 Å². The van der Waals surface area contributed by atoms with Crippen LogP contribution in [0.25, 0.3) is 0 Å². The number of hydrogen-bond acceptors (Lipinski definition) is 3.